The van der Waals surface area contributed by atoms with Gasteiger partial charge in [0.1, 0.15) is 5.75 Å². The van der Waals surface area contributed by atoms with E-state index in [1.54, 1.807) is 24.3 Å². The molecule has 4 rings (SSSR count). The Labute approximate surface area is 171 Å². The summed E-state index contributed by atoms with van der Waals surface area (Å²) < 4.78 is 7.84. The van der Waals surface area contributed by atoms with Crippen molar-refractivity contribution in [2.24, 2.45) is 7.05 Å². The fraction of sp³-hybridized carbons (Fsp3) is 0.0476. The third kappa shape index (κ3) is 3.81. The smallest absolute Gasteiger partial charge is 0.255 e. The molecule has 0 unspecified atom stereocenters. The van der Waals surface area contributed by atoms with Gasteiger partial charge in [0.2, 0.25) is 5.88 Å². The monoisotopic (exact) mass is 411 g/mol. The number of aryl methyl sites for hydroxylation is 1. The zero-order chi connectivity index (χ0) is 19.7. The van der Waals surface area contributed by atoms with Crippen LogP contribution in [-0.4, -0.2) is 15.5 Å². The van der Waals surface area contributed by atoms with Gasteiger partial charge in [-0.25, -0.2) is 4.98 Å². The van der Waals surface area contributed by atoms with Gasteiger partial charge in [-0.2, -0.15) is 0 Å². The van der Waals surface area contributed by atoms with Crippen molar-refractivity contribution in [1.82, 2.24) is 9.55 Å². The van der Waals surface area contributed by atoms with Gasteiger partial charge in [-0.05, 0) is 47.9 Å². The summed E-state index contributed by atoms with van der Waals surface area (Å²) in [5.41, 5.74) is 2.02. The minimum Gasteiger partial charge on any atom is -0.439 e. The third-order valence-corrected chi connectivity index (χ3v) is 5.00. The number of hydrogen-bond acceptors (Lipinski definition) is 3. The van der Waals surface area contributed by atoms with Crippen molar-refractivity contribution in [1.29, 1.82) is 0 Å². The lowest BCUT2D eigenvalue weighted by Gasteiger charge is -2.08. The molecule has 5 nitrogen and oxygen atoms in total. The van der Waals surface area contributed by atoms with Crippen LogP contribution in [0.15, 0.2) is 67.0 Å². The van der Waals surface area contributed by atoms with E-state index < -0.39 is 0 Å². The minimum atomic E-state index is -0.303. The van der Waals surface area contributed by atoms with Gasteiger partial charge in [0.05, 0.1) is 27.4 Å². The van der Waals surface area contributed by atoms with Gasteiger partial charge in [0.25, 0.3) is 5.91 Å². The van der Waals surface area contributed by atoms with Gasteiger partial charge in [-0.1, -0.05) is 23.2 Å². The number of halogens is 2. The highest BCUT2D eigenvalue weighted by Crippen LogP contribution is 2.26. The quantitative estimate of drug-likeness (QED) is 0.452. The summed E-state index contributed by atoms with van der Waals surface area (Å²) in [6, 6.07) is 16.0. The van der Waals surface area contributed by atoms with Gasteiger partial charge in [-0.3, -0.25) is 4.79 Å². The first-order valence-corrected chi connectivity index (χ1v) is 9.20. The summed E-state index contributed by atoms with van der Waals surface area (Å²) in [6.45, 7) is 0. The number of pyridine rings is 1. The first kappa shape index (κ1) is 18.3. The number of benzene rings is 2. The van der Waals surface area contributed by atoms with Crippen LogP contribution in [0.25, 0.3) is 10.9 Å². The molecule has 0 spiro atoms. The first-order valence-electron chi connectivity index (χ1n) is 8.45. The number of nitrogens with one attached hydrogen (secondary N) is 1. The molecule has 4 aromatic rings. The molecule has 7 heteroatoms. The van der Waals surface area contributed by atoms with Crippen molar-refractivity contribution in [2.45, 2.75) is 0 Å². The fourth-order valence-corrected chi connectivity index (χ4v) is 3.08. The molecule has 140 valence electrons. The van der Waals surface area contributed by atoms with E-state index in [0.717, 1.165) is 10.9 Å². The largest absolute Gasteiger partial charge is 0.439 e. The fourth-order valence-electron chi connectivity index (χ4n) is 2.78. The number of hydrogen-bond donors (Lipinski definition) is 1. The molecule has 0 saturated heterocycles. The molecule has 0 saturated carbocycles. The standard InChI is InChI=1S/C21H15Cl2N3O2/c1-26-9-8-13-2-5-16(11-19(13)26)28-20-7-4-15(12-24-20)25-21(27)14-3-6-17(22)18(23)10-14/h2-12H,1H3,(H,25,27). The normalized spacial score (nSPS) is 10.8. The van der Waals surface area contributed by atoms with E-state index >= 15 is 0 Å². The van der Waals surface area contributed by atoms with Crippen LogP contribution >= 0.6 is 23.2 Å². The predicted molar refractivity (Wildman–Crippen MR) is 112 cm³/mol. The van der Waals surface area contributed by atoms with Gasteiger partial charge in [0, 0.05) is 30.9 Å². The van der Waals surface area contributed by atoms with Crippen LogP contribution in [0.4, 0.5) is 5.69 Å². The highest BCUT2D eigenvalue weighted by molar-refractivity contribution is 6.42. The second-order valence-electron chi connectivity index (χ2n) is 6.22. The average Bonchev–Trinajstić information content (AvgIpc) is 3.06. The summed E-state index contributed by atoms with van der Waals surface area (Å²) in [5.74, 6) is 0.818. The third-order valence-electron chi connectivity index (χ3n) is 4.26. The second-order valence-corrected chi connectivity index (χ2v) is 7.03. The molecule has 28 heavy (non-hydrogen) atoms. The summed E-state index contributed by atoms with van der Waals surface area (Å²) in [5, 5.41) is 4.63. The van der Waals surface area contributed by atoms with Crippen LogP contribution in [0.5, 0.6) is 11.6 Å². The zero-order valence-corrected chi connectivity index (χ0v) is 16.3. The van der Waals surface area contributed by atoms with E-state index in [2.05, 4.69) is 10.3 Å². The average molecular weight is 412 g/mol. The Morgan fingerprint density at radius 3 is 2.64 bits per heavy atom. The molecule has 0 bridgehead atoms. The van der Waals surface area contributed by atoms with E-state index in [4.69, 9.17) is 27.9 Å². The Morgan fingerprint density at radius 2 is 1.89 bits per heavy atom. The molecule has 0 aliphatic heterocycles. The number of aromatic nitrogens is 2. The van der Waals surface area contributed by atoms with Crippen molar-refractivity contribution in [2.75, 3.05) is 5.32 Å². The summed E-state index contributed by atoms with van der Waals surface area (Å²) in [6.07, 6.45) is 3.53. The Hall–Kier alpha value is -3.02. The molecule has 2 aromatic heterocycles. The molecular weight excluding hydrogens is 397 g/mol. The molecule has 1 N–H and O–H groups in total. The van der Waals surface area contributed by atoms with Crippen molar-refractivity contribution in [3.63, 3.8) is 0 Å². The Morgan fingerprint density at radius 1 is 1.04 bits per heavy atom. The van der Waals surface area contributed by atoms with Crippen molar-refractivity contribution < 1.29 is 9.53 Å². The molecule has 0 radical (unpaired) electrons. The topological polar surface area (TPSA) is 56.1 Å². The SMILES string of the molecule is Cn1ccc2ccc(Oc3ccc(NC(=O)c4ccc(Cl)c(Cl)c4)cn3)cc21. The number of rotatable bonds is 4. The molecule has 0 aliphatic carbocycles. The van der Waals surface area contributed by atoms with Crippen molar-refractivity contribution in [3.8, 4) is 11.6 Å². The summed E-state index contributed by atoms with van der Waals surface area (Å²) in [7, 11) is 1.98. The maximum atomic E-state index is 12.3. The molecule has 1 amide bonds. The van der Waals surface area contributed by atoms with Crippen LogP contribution < -0.4 is 10.1 Å². The van der Waals surface area contributed by atoms with E-state index in [9.17, 15) is 4.79 Å². The Kier molecular flexibility index (Phi) is 4.94. The molecule has 2 heterocycles. The number of fused-ring (bicyclic) bond motifs is 1. The van der Waals surface area contributed by atoms with Crippen LogP contribution in [-0.2, 0) is 7.05 Å². The lowest BCUT2D eigenvalue weighted by Crippen LogP contribution is -2.12. The number of nitrogens with zero attached hydrogens (tertiary/aromatic N) is 2. The molecule has 0 fully saturated rings. The van der Waals surface area contributed by atoms with E-state index in [1.165, 1.54) is 12.3 Å². The lowest BCUT2D eigenvalue weighted by atomic mass is 10.2. The number of carbonyl (C=O) groups excluding carboxylic acids is 1. The number of ether oxygens (including phenoxy) is 1. The Bertz CT molecular complexity index is 1170. The first-order chi connectivity index (χ1) is 13.5. The summed E-state index contributed by atoms with van der Waals surface area (Å²) in [4.78, 5) is 16.6. The number of carbonyl (C=O) groups is 1. The van der Waals surface area contributed by atoms with Crippen LogP contribution in [0, 0.1) is 0 Å². The van der Waals surface area contributed by atoms with E-state index in [1.807, 2.05) is 42.1 Å². The second kappa shape index (κ2) is 7.54. The maximum Gasteiger partial charge on any atom is 0.255 e. The van der Waals surface area contributed by atoms with Gasteiger partial charge >= 0.3 is 0 Å². The van der Waals surface area contributed by atoms with Gasteiger partial charge in [0.15, 0.2) is 0 Å². The van der Waals surface area contributed by atoms with E-state index in [0.29, 0.717) is 32.9 Å². The van der Waals surface area contributed by atoms with Crippen LogP contribution in [0.3, 0.4) is 0 Å². The van der Waals surface area contributed by atoms with Crippen LogP contribution in [0.2, 0.25) is 10.0 Å². The highest BCUT2D eigenvalue weighted by atomic mass is 35.5. The van der Waals surface area contributed by atoms with Crippen LogP contribution in [0.1, 0.15) is 10.4 Å². The van der Waals surface area contributed by atoms with Crippen molar-refractivity contribution in [3.05, 3.63) is 82.6 Å². The molecule has 0 atom stereocenters. The predicted octanol–water partition coefficient (Wildman–Crippen LogP) is 5.92. The highest BCUT2D eigenvalue weighted by Gasteiger charge is 2.09. The number of amides is 1. The lowest BCUT2D eigenvalue weighted by molar-refractivity contribution is 0.102. The van der Waals surface area contributed by atoms with Crippen molar-refractivity contribution >= 4 is 45.7 Å². The molecule has 0 aliphatic rings. The van der Waals surface area contributed by atoms with E-state index in [-0.39, 0.29) is 5.91 Å². The molecular formula is C21H15Cl2N3O2. The molecule has 2 aromatic carbocycles. The summed E-state index contributed by atoms with van der Waals surface area (Å²) >= 11 is 11.8. The van der Waals surface area contributed by atoms with Gasteiger partial charge < -0.3 is 14.6 Å². The minimum absolute atomic E-state index is 0.303. The Balaban J connectivity index is 1.46. The maximum absolute atomic E-state index is 12.3. The number of anilines is 1. The van der Waals surface area contributed by atoms with Gasteiger partial charge in [-0.15, -0.1) is 0 Å². The zero-order valence-electron chi connectivity index (χ0n) is 14.8.